The molecule has 0 atom stereocenters. The van der Waals surface area contributed by atoms with Crippen LogP contribution < -0.4 is 0 Å². The standard InChI is InChI=1S/C11H14ClN.C11H14/c1-4-13(3)8-10-7-11(12)6-5-9(10)2;1-4-10(3)11-7-5-9(2)6-8-11/h4-7H,1,8H2,2-3H3;5-8H,3-4H2,1-2H3. The molecule has 0 bridgehead atoms. The highest BCUT2D eigenvalue weighted by atomic mass is 35.5. The van der Waals surface area contributed by atoms with Gasteiger partial charge in [0.2, 0.25) is 0 Å². The van der Waals surface area contributed by atoms with Crippen molar-refractivity contribution < 1.29 is 0 Å². The SMILES string of the molecule is C=C(CC)c1ccc(C)cc1.C=CN(C)Cc1cc(Cl)ccc1C. The van der Waals surface area contributed by atoms with Crippen molar-refractivity contribution in [2.45, 2.75) is 33.7 Å². The topological polar surface area (TPSA) is 3.24 Å². The van der Waals surface area contributed by atoms with Crippen LogP contribution in [0.4, 0.5) is 0 Å². The summed E-state index contributed by atoms with van der Waals surface area (Å²) in [5.41, 5.74) is 6.29. The van der Waals surface area contributed by atoms with Gasteiger partial charge in [0.15, 0.2) is 0 Å². The van der Waals surface area contributed by atoms with Crippen molar-refractivity contribution >= 4 is 17.2 Å². The molecule has 2 rings (SSSR count). The van der Waals surface area contributed by atoms with E-state index in [2.05, 4.69) is 58.2 Å². The predicted octanol–water partition coefficient (Wildman–Crippen LogP) is 6.64. The van der Waals surface area contributed by atoms with Gasteiger partial charge >= 0.3 is 0 Å². The van der Waals surface area contributed by atoms with Gasteiger partial charge in [-0.1, -0.05) is 67.6 Å². The van der Waals surface area contributed by atoms with Crippen molar-refractivity contribution in [2.75, 3.05) is 7.05 Å². The largest absolute Gasteiger partial charge is 0.377 e. The van der Waals surface area contributed by atoms with Crippen LogP contribution in [-0.2, 0) is 6.54 Å². The first-order valence-corrected chi connectivity index (χ1v) is 8.57. The first kappa shape index (κ1) is 20.1. The molecule has 2 heteroatoms. The normalized spacial score (nSPS) is 9.71. The second-order valence-electron chi connectivity index (χ2n) is 5.99. The van der Waals surface area contributed by atoms with Crippen LogP contribution >= 0.6 is 11.6 Å². The molecule has 0 saturated carbocycles. The van der Waals surface area contributed by atoms with Gasteiger partial charge in [-0.2, -0.15) is 0 Å². The Bertz CT molecular complexity index is 671. The summed E-state index contributed by atoms with van der Waals surface area (Å²) in [5, 5.41) is 0.790. The zero-order valence-corrected chi connectivity index (χ0v) is 16.0. The number of hydrogen-bond donors (Lipinski definition) is 0. The Morgan fingerprint density at radius 2 is 1.75 bits per heavy atom. The number of allylic oxidation sites excluding steroid dienone is 1. The Hall–Kier alpha value is -1.99. The Morgan fingerprint density at radius 3 is 2.29 bits per heavy atom. The minimum Gasteiger partial charge on any atom is -0.377 e. The highest BCUT2D eigenvalue weighted by Gasteiger charge is 2.00. The molecule has 1 nitrogen and oxygen atoms in total. The van der Waals surface area contributed by atoms with Crippen LogP contribution in [-0.4, -0.2) is 11.9 Å². The van der Waals surface area contributed by atoms with Gasteiger partial charge in [0, 0.05) is 18.6 Å². The van der Waals surface area contributed by atoms with E-state index in [0.717, 1.165) is 18.0 Å². The van der Waals surface area contributed by atoms with Gasteiger partial charge in [-0.3, -0.25) is 0 Å². The maximum absolute atomic E-state index is 5.90. The summed E-state index contributed by atoms with van der Waals surface area (Å²) >= 11 is 5.90. The van der Waals surface area contributed by atoms with Crippen molar-refractivity contribution in [1.29, 1.82) is 0 Å². The van der Waals surface area contributed by atoms with Gasteiger partial charge in [0.05, 0.1) is 0 Å². The molecule has 0 spiro atoms. The molecule has 0 radical (unpaired) electrons. The molecular formula is C22H28ClN. The van der Waals surface area contributed by atoms with E-state index in [9.17, 15) is 0 Å². The van der Waals surface area contributed by atoms with Crippen molar-refractivity contribution in [3.63, 3.8) is 0 Å². The van der Waals surface area contributed by atoms with Gasteiger partial charge in [-0.05, 0) is 60.9 Å². The molecule has 0 unspecified atom stereocenters. The molecule has 24 heavy (non-hydrogen) atoms. The van der Waals surface area contributed by atoms with Gasteiger partial charge in [-0.25, -0.2) is 0 Å². The summed E-state index contributed by atoms with van der Waals surface area (Å²) in [6.45, 7) is 14.8. The zero-order chi connectivity index (χ0) is 18.1. The number of hydrogen-bond acceptors (Lipinski definition) is 1. The van der Waals surface area contributed by atoms with Crippen molar-refractivity contribution in [3.8, 4) is 0 Å². The predicted molar refractivity (Wildman–Crippen MR) is 108 cm³/mol. The summed E-state index contributed by atoms with van der Waals surface area (Å²) in [5.74, 6) is 0. The fraction of sp³-hybridized carbons (Fsp3) is 0.273. The van der Waals surface area contributed by atoms with E-state index in [1.807, 2.05) is 30.1 Å². The minimum atomic E-state index is 0.790. The fourth-order valence-corrected chi connectivity index (χ4v) is 2.33. The van der Waals surface area contributed by atoms with Crippen LogP contribution in [0.25, 0.3) is 5.57 Å². The summed E-state index contributed by atoms with van der Waals surface area (Å²) in [6.07, 6.45) is 2.84. The third-order valence-corrected chi connectivity index (χ3v) is 4.16. The van der Waals surface area contributed by atoms with E-state index in [-0.39, 0.29) is 0 Å². The Morgan fingerprint density at radius 1 is 1.12 bits per heavy atom. The molecule has 0 aliphatic heterocycles. The van der Waals surface area contributed by atoms with Gasteiger partial charge in [0.25, 0.3) is 0 Å². The lowest BCUT2D eigenvalue weighted by atomic mass is 10.0. The molecule has 0 N–H and O–H groups in total. The van der Waals surface area contributed by atoms with E-state index >= 15 is 0 Å². The lowest BCUT2D eigenvalue weighted by Gasteiger charge is -2.15. The maximum atomic E-state index is 5.90. The quantitative estimate of drug-likeness (QED) is 0.589. The van der Waals surface area contributed by atoms with Crippen LogP contribution in [0.1, 0.15) is 35.6 Å². The summed E-state index contributed by atoms with van der Waals surface area (Å²) in [6, 6.07) is 14.4. The third-order valence-electron chi connectivity index (χ3n) is 3.93. The highest BCUT2D eigenvalue weighted by molar-refractivity contribution is 6.30. The molecule has 2 aromatic carbocycles. The van der Waals surface area contributed by atoms with Gasteiger partial charge in [-0.15, -0.1) is 0 Å². The average molecular weight is 342 g/mol. The van der Waals surface area contributed by atoms with E-state index in [1.54, 1.807) is 6.20 Å². The monoisotopic (exact) mass is 341 g/mol. The molecular weight excluding hydrogens is 314 g/mol. The molecule has 128 valence electrons. The van der Waals surface area contributed by atoms with Gasteiger partial charge < -0.3 is 4.90 Å². The Labute approximate surface area is 152 Å². The molecule has 0 saturated heterocycles. The van der Waals surface area contributed by atoms with E-state index in [1.165, 1.54) is 27.8 Å². The molecule has 0 amide bonds. The average Bonchev–Trinajstić information content (AvgIpc) is 2.58. The molecule has 0 aliphatic carbocycles. The second kappa shape index (κ2) is 10.00. The van der Waals surface area contributed by atoms with Gasteiger partial charge in [0.1, 0.15) is 0 Å². The number of rotatable bonds is 5. The number of benzene rings is 2. The van der Waals surface area contributed by atoms with Crippen LogP contribution in [0.2, 0.25) is 5.02 Å². The van der Waals surface area contributed by atoms with Crippen LogP contribution in [0.15, 0.2) is 61.8 Å². The number of nitrogens with zero attached hydrogens (tertiary/aromatic N) is 1. The smallest absolute Gasteiger partial charge is 0.0423 e. The summed E-state index contributed by atoms with van der Waals surface area (Å²) in [7, 11) is 1.99. The second-order valence-corrected chi connectivity index (χ2v) is 6.43. The van der Waals surface area contributed by atoms with E-state index in [4.69, 9.17) is 11.6 Å². The van der Waals surface area contributed by atoms with Crippen molar-refractivity contribution in [3.05, 3.63) is 89.1 Å². The Kier molecular flexibility index (Phi) is 8.35. The fourth-order valence-electron chi connectivity index (χ4n) is 2.14. The summed E-state index contributed by atoms with van der Waals surface area (Å²) in [4.78, 5) is 2.03. The molecule has 0 aliphatic rings. The first-order chi connectivity index (χ1) is 11.4. The van der Waals surface area contributed by atoms with Crippen LogP contribution in [0.5, 0.6) is 0 Å². The molecule has 0 heterocycles. The summed E-state index contributed by atoms with van der Waals surface area (Å²) < 4.78 is 0. The highest BCUT2D eigenvalue weighted by Crippen LogP contribution is 2.17. The lowest BCUT2D eigenvalue weighted by molar-refractivity contribution is 0.451. The lowest BCUT2D eigenvalue weighted by Crippen LogP contribution is -2.10. The number of aryl methyl sites for hydroxylation is 2. The first-order valence-electron chi connectivity index (χ1n) is 8.20. The van der Waals surface area contributed by atoms with E-state index in [0.29, 0.717) is 0 Å². The van der Waals surface area contributed by atoms with E-state index < -0.39 is 0 Å². The zero-order valence-electron chi connectivity index (χ0n) is 15.3. The van der Waals surface area contributed by atoms with Crippen molar-refractivity contribution in [2.24, 2.45) is 0 Å². The minimum absolute atomic E-state index is 0.790. The molecule has 2 aromatic rings. The molecule has 0 fully saturated rings. The van der Waals surface area contributed by atoms with Crippen molar-refractivity contribution in [1.82, 2.24) is 4.90 Å². The van der Waals surface area contributed by atoms with Crippen LogP contribution in [0, 0.1) is 13.8 Å². The third kappa shape index (κ3) is 6.64. The number of halogens is 1. The Balaban J connectivity index is 0.000000243. The van der Waals surface area contributed by atoms with Crippen LogP contribution in [0.3, 0.4) is 0 Å². The molecule has 0 aromatic heterocycles. The maximum Gasteiger partial charge on any atom is 0.0423 e.